The van der Waals surface area contributed by atoms with Crippen molar-refractivity contribution in [3.8, 4) is 0 Å². The third-order valence-electron chi connectivity index (χ3n) is 1.92. The minimum Gasteiger partial charge on any atom is -0.237 e. The van der Waals surface area contributed by atoms with Crippen molar-refractivity contribution in [2.24, 2.45) is 0 Å². The summed E-state index contributed by atoms with van der Waals surface area (Å²) in [6, 6.07) is 0. The van der Waals surface area contributed by atoms with Gasteiger partial charge < -0.3 is 0 Å². The molecule has 0 N–H and O–H groups in total. The van der Waals surface area contributed by atoms with Crippen LogP contribution < -0.4 is 0 Å². The number of aryl methyl sites for hydroxylation is 1. The molecule has 1 heterocycles. The van der Waals surface area contributed by atoms with Gasteiger partial charge in [-0.15, -0.1) is 0 Å². The second kappa shape index (κ2) is 4.99. The Bertz CT molecular complexity index is 303. The topological polar surface area (TPSA) is 25.8 Å². The van der Waals surface area contributed by atoms with Gasteiger partial charge in [-0.3, -0.25) is 0 Å². The Hall–Kier alpha value is -0.280. The minimum absolute atomic E-state index is 0.580. The molecule has 0 unspecified atom stereocenters. The highest BCUT2D eigenvalue weighted by Crippen LogP contribution is 2.19. The molecule has 78 valence electrons. The monoisotopic (exact) mass is 230 g/mol. The largest absolute Gasteiger partial charge is 0.237 e. The molecule has 0 aliphatic rings. The normalized spacial score (nSPS) is 11.0. The molecule has 0 amide bonds. The van der Waals surface area contributed by atoms with E-state index in [2.05, 4.69) is 23.8 Å². The fourth-order valence-electron chi connectivity index (χ4n) is 0.955. The predicted molar refractivity (Wildman–Crippen MR) is 62.9 cm³/mol. The molecular formula is C10H15ClN2S. The van der Waals surface area contributed by atoms with Crippen LogP contribution in [0.25, 0.3) is 0 Å². The van der Waals surface area contributed by atoms with Gasteiger partial charge in [-0.2, -0.15) is 11.8 Å². The first-order valence-electron chi connectivity index (χ1n) is 4.62. The summed E-state index contributed by atoms with van der Waals surface area (Å²) in [6.07, 6.45) is 0. The first kappa shape index (κ1) is 11.8. The van der Waals surface area contributed by atoms with Crippen molar-refractivity contribution in [2.75, 3.05) is 0 Å². The molecule has 0 saturated heterocycles. The maximum Gasteiger partial charge on any atom is 0.140 e. The van der Waals surface area contributed by atoms with E-state index in [9.17, 15) is 0 Å². The Morgan fingerprint density at radius 1 is 1.29 bits per heavy atom. The fourth-order valence-corrected chi connectivity index (χ4v) is 1.80. The number of rotatable bonds is 3. The first-order valence-corrected chi connectivity index (χ1v) is 6.04. The van der Waals surface area contributed by atoms with Gasteiger partial charge in [0.1, 0.15) is 11.0 Å². The highest BCUT2D eigenvalue weighted by Gasteiger charge is 2.06. The van der Waals surface area contributed by atoms with Crippen molar-refractivity contribution in [3.05, 3.63) is 22.2 Å². The van der Waals surface area contributed by atoms with E-state index < -0.39 is 0 Å². The molecule has 0 radical (unpaired) electrons. The molecule has 0 bridgehead atoms. The molecule has 0 saturated carbocycles. The average molecular weight is 231 g/mol. The van der Waals surface area contributed by atoms with Gasteiger partial charge in [-0.05, 0) is 19.1 Å². The van der Waals surface area contributed by atoms with Crippen LogP contribution in [0.4, 0.5) is 0 Å². The molecule has 1 aromatic heterocycles. The van der Waals surface area contributed by atoms with Crippen LogP contribution in [0.5, 0.6) is 0 Å². The van der Waals surface area contributed by atoms with Crippen LogP contribution in [-0.4, -0.2) is 15.2 Å². The molecule has 0 atom stereocenters. The van der Waals surface area contributed by atoms with E-state index in [1.165, 1.54) is 0 Å². The number of thioether (sulfide) groups is 1. The van der Waals surface area contributed by atoms with Gasteiger partial charge in [-0.1, -0.05) is 25.4 Å². The molecule has 0 fully saturated rings. The van der Waals surface area contributed by atoms with Crippen LogP contribution in [0.15, 0.2) is 0 Å². The smallest absolute Gasteiger partial charge is 0.140 e. The Labute approximate surface area is 94.5 Å². The van der Waals surface area contributed by atoms with E-state index in [1.807, 2.05) is 25.6 Å². The van der Waals surface area contributed by atoms with E-state index in [0.29, 0.717) is 10.4 Å². The van der Waals surface area contributed by atoms with Crippen LogP contribution in [0.3, 0.4) is 0 Å². The molecule has 0 aromatic carbocycles. The molecule has 0 aliphatic heterocycles. The Morgan fingerprint density at radius 3 is 2.43 bits per heavy atom. The van der Waals surface area contributed by atoms with E-state index in [1.54, 1.807) is 0 Å². The SMILES string of the molecule is Cc1nc(CSC(C)C)nc(Cl)c1C. The zero-order chi connectivity index (χ0) is 10.7. The van der Waals surface area contributed by atoms with E-state index in [-0.39, 0.29) is 0 Å². The van der Waals surface area contributed by atoms with Crippen LogP contribution in [-0.2, 0) is 5.75 Å². The van der Waals surface area contributed by atoms with Crippen LogP contribution in [0.2, 0.25) is 5.15 Å². The van der Waals surface area contributed by atoms with Gasteiger partial charge in [0.2, 0.25) is 0 Å². The third kappa shape index (κ3) is 3.14. The van der Waals surface area contributed by atoms with Gasteiger partial charge in [0.15, 0.2) is 0 Å². The van der Waals surface area contributed by atoms with Crippen molar-refractivity contribution in [1.82, 2.24) is 9.97 Å². The van der Waals surface area contributed by atoms with Crippen molar-refractivity contribution in [3.63, 3.8) is 0 Å². The maximum absolute atomic E-state index is 5.97. The van der Waals surface area contributed by atoms with E-state index in [4.69, 9.17) is 11.6 Å². The lowest BCUT2D eigenvalue weighted by atomic mass is 10.3. The summed E-state index contributed by atoms with van der Waals surface area (Å²) < 4.78 is 0. The Morgan fingerprint density at radius 2 is 1.93 bits per heavy atom. The summed E-state index contributed by atoms with van der Waals surface area (Å²) >= 11 is 7.80. The zero-order valence-electron chi connectivity index (χ0n) is 8.97. The third-order valence-corrected chi connectivity index (χ3v) is 3.38. The minimum atomic E-state index is 0.580. The Balaban J connectivity index is 2.79. The second-order valence-electron chi connectivity index (χ2n) is 3.50. The fraction of sp³-hybridized carbons (Fsp3) is 0.600. The van der Waals surface area contributed by atoms with Crippen molar-refractivity contribution >= 4 is 23.4 Å². The standard InChI is InChI=1S/C10H15ClN2S/c1-6(2)14-5-9-12-8(4)7(3)10(11)13-9/h6H,5H2,1-4H3. The van der Waals surface area contributed by atoms with E-state index in [0.717, 1.165) is 22.8 Å². The lowest BCUT2D eigenvalue weighted by molar-refractivity contribution is 0.968. The Kier molecular flexibility index (Phi) is 4.20. The van der Waals surface area contributed by atoms with Crippen LogP contribution in [0, 0.1) is 13.8 Å². The van der Waals surface area contributed by atoms with Crippen LogP contribution >= 0.6 is 23.4 Å². The number of hydrogen-bond acceptors (Lipinski definition) is 3. The van der Waals surface area contributed by atoms with E-state index >= 15 is 0 Å². The van der Waals surface area contributed by atoms with Gasteiger partial charge >= 0.3 is 0 Å². The summed E-state index contributed by atoms with van der Waals surface area (Å²) in [4.78, 5) is 8.63. The van der Waals surface area contributed by atoms with Gasteiger partial charge in [0, 0.05) is 11.3 Å². The summed E-state index contributed by atoms with van der Waals surface area (Å²) in [5.74, 6) is 1.66. The lowest BCUT2D eigenvalue weighted by Crippen LogP contribution is -2.00. The number of halogens is 1. The molecular weight excluding hydrogens is 216 g/mol. The lowest BCUT2D eigenvalue weighted by Gasteiger charge is -2.07. The average Bonchev–Trinajstić information content (AvgIpc) is 2.10. The molecule has 14 heavy (non-hydrogen) atoms. The highest BCUT2D eigenvalue weighted by molar-refractivity contribution is 7.99. The molecule has 2 nitrogen and oxygen atoms in total. The quantitative estimate of drug-likeness (QED) is 0.745. The number of nitrogens with zero attached hydrogens (tertiary/aromatic N) is 2. The van der Waals surface area contributed by atoms with Gasteiger partial charge in [-0.25, -0.2) is 9.97 Å². The molecule has 1 rings (SSSR count). The molecule has 1 aromatic rings. The predicted octanol–water partition coefficient (Wildman–Crippen LogP) is 3.39. The molecule has 0 spiro atoms. The summed E-state index contributed by atoms with van der Waals surface area (Å²) in [5, 5.41) is 1.18. The van der Waals surface area contributed by atoms with Crippen molar-refractivity contribution in [2.45, 2.75) is 38.7 Å². The van der Waals surface area contributed by atoms with Gasteiger partial charge in [0.05, 0.1) is 5.75 Å². The number of aromatic nitrogens is 2. The highest BCUT2D eigenvalue weighted by atomic mass is 35.5. The zero-order valence-corrected chi connectivity index (χ0v) is 10.5. The maximum atomic E-state index is 5.97. The van der Waals surface area contributed by atoms with Crippen molar-refractivity contribution < 1.29 is 0 Å². The van der Waals surface area contributed by atoms with Crippen molar-refractivity contribution in [1.29, 1.82) is 0 Å². The van der Waals surface area contributed by atoms with Gasteiger partial charge in [0.25, 0.3) is 0 Å². The first-order chi connectivity index (χ1) is 6.50. The molecule has 0 aliphatic carbocycles. The summed E-state index contributed by atoms with van der Waals surface area (Å²) in [5.41, 5.74) is 1.95. The summed E-state index contributed by atoms with van der Waals surface area (Å²) in [7, 11) is 0. The van der Waals surface area contributed by atoms with Crippen LogP contribution in [0.1, 0.15) is 30.9 Å². The summed E-state index contributed by atoms with van der Waals surface area (Å²) in [6.45, 7) is 8.23. The second-order valence-corrected chi connectivity index (χ2v) is 5.42. The molecule has 4 heteroatoms. The number of hydrogen-bond donors (Lipinski definition) is 0.